The average molecular weight is 299 g/mol. The fraction of sp³-hybridized carbons (Fsp3) is 0.462. The Balaban J connectivity index is 2.14. The molecule has 0 unspecified atom stereocenters. The van der Waals surface area contributed by atoms with Crippen molar-refractivity contribution in [2.45, 2.75) is 42.7 Å². The molecule has 1 aliphatic rings. The molecule has 2 rings (SSSR count). The fourth-order valence-corrected chi connectivity index (χ4v) is 3.63. The molecule has 0 heterocycles. The van der Waals surface area contributed by atoms with Gasteiger partial charge in [-0.25, -0.2) is 17.9 Å². The molecule has 0 amide bonds. The van der Waals surface area contributed by atoms with E-state index in [0.29, 0.717) is 25.7 Å². The highest BCUT2D eigenvalue weighted by molar-refractivity contribution is 7.89. The van der Waals surface area contributed by atoms with Gasteiger partial charge in [-0.2, -0.15) is 0 Å². The summed E-state index contributed by atoms with van der Waals surface area (Å²) in [5.41, 5.74) is -0.0630. The van der Waals surface area contributed by atoms with E-state index in [1.165, 1.54) is 18.2 Å². The highest BCUT2D eigenvalue weighted by Gasteiger charge is 2.25. The van der Waals surface area contributed by atoms with Gasteiger partial charge in [-0.1, -0.05) is 6.07 Å². The van der Waals surface area contributed by atoms with E-state index in [-0.39, 0.29) is 22.6 Å². The molecule has 1 fully saturated rings. The van der Waals surface area contributed by atoms with Crippen molar-refractivity contribution in [2.24, 2.45) is 0 Å². The molecular formula is C13H17NO5S. The Morgan fingerprint density at radius 3 is 2.45 bits per heavy atom. The van der Waals surface area contributed by atoms with Crippen LogP contribution in [0.15, 0.2) is 29.2 Å². The Labute approximate surface area is 117 Å². The SMILES string of the molecule is O=C(O)c1cccc(S(=O)(=O)NC2CCC(O)CC2)c1. The van der Waals surface area contributed by atoms with Crippen LogP contribution in [0.4, 0.5) is 0 Å². The van der Waals surface area contributed by atoms with Crippen LogP contribution in [0.3, 0.4) is 0 Å². The number of aromatic carboxylic acids is 1. The summed E-state index contributed by atoms with van der Waals surface area (Å²) >= 11 is 0. The maximum atomic E-state index is 12.2. The number of benzene rings is 1. The molecule has 7 heteroatoms. The lowest BCUT2D eigenvalue weighted by molar-refractivity contribution is 0.0696. The summed E-state index contributed by atoms with van der Waals surface area (Å²) in [5, 5.41) is 18.3. The summed E-state index contributed by atoms with van der Waals surface area (Å²) < 4.78 is 26.9. The first-order valence-corrected chi connectivity index (χ1v) is 7.90. The van der Waals surface area contributed by atoms with Gasteiger partial charge < -0.3 is 10.2 Å². The molecule has 1 aliphatic carbocycles. The Morgan fingerprint density at radius 1 is 1.20 bits per heavy atom. The average Bonchev–Trinajstić information content (AvgIpc) is 2.41. The topological polar surface area (TPSA) is 104 Å². The zero-order chi connectivity index (χ0) is 14.8. The van der Waals surface area contributed by atoms with Crippen LogP contribution in [0.5, 0.6) is 0 Å². The molecule has 0 aliphatic heterocycles. The predicted octanol–water partition coefficient (Wildman–Crippen LogP) is 0.967. The van der Waals surface area contributed by atoms with Crippen molar-refractivity contribution in [1.29, 1.82) is 0 Å². The van der Waals surface area contributed by atoms with Gasteiger partial charge in [0.25, 0.3) is 0 Å². The van der Waals surface area contributed by atoms with Gasteiger partial charge in [0.1, 0.15) is 0 Å². The van der Waals surface area contributed by atoms with E-state index < -0.39 is 16.0 Å². The van der Waals surface area contributed by atoms with Crippen molar-refractivity contribution in [3.8, 4) is 0 Å². The first kappa shape index (κ1) is 15.0. The van der Waals surface area contributed by atoms with Crippen LogP contribution < -0.4 is 4.72 Å². The van der Waals surface area contributed by atoms with Gasteiger partial charge in [0.05, 0.1) is 16.6 Å². The molecule has 110 valence electrons. The number of hydrogen-bond acceptors (Lipinski definition) is 4. The van der Waals surface area contributed by atoms with Gasteiger partial charge >= 0.3 is 5.97 Å². The Morgan fingerprint density at radius 2 is 1.85 bits per heavy atom. The monoisotopic (exact) mass is 299 g/mol. The minimum Gasteiger partial charge on any atom is -0.478 e. The second-order valence-electron chi connectivity index (χ2n) is 4.96. The highest BCUT2D eigenvalue weighted by Crippen LogP contribution is 2.21. The summed E-state index contributed by atoms with van der Waals surface area (Å²) in [6.45, 7) is 0. The molecular weight excluding hydrogens is 282 g/mol. The number of aliphatic hydroxyl groups is 1. The van der Waals surface area contributed by atoms with Crippen LogP contribution in [-0.2, 0) is 10.0 Å². The third-order valence-corrected chi connectivity index (χ3v) is 4.93. The lowest BCUT2D eigenvalue weighted by Gasteiger charge is -2.26. The molecule has 0 aromatic heterocycles. The van der Waals surface area contributed by atoms with Crippen molar-refractivity contribution < 1.29 is 23.4 Å². The first-order chi connectivity index (χ1) is 9.38. The number of carbonyl (C=O) groups is 1. The number of sulfonamides is 1. The zero-order valence-electron chi connectivity index (χ0n) is 10.8. The van der Waals surface area contributed by atoms with Gasteiger partial charge in [-0.15, -0.1) is 0 Å². The maximum absolute atomic E-state index is 12.2. The summed E-state index contributed by atoms with van der Waals surface area (Å²) in [7, 11) is -3.73. The van der Waals surface area contributed by atoms with E-state index in [4.69, 9.17) is 5.11 Å². The maximum Gasteiger partial charge on any atom is 0.335 e. The van der Waals surface area contributed by atoms with Crippen molar-refractivity contribution in [2.75, 3.05) is 0 Å². The lowest BCUT2D eigenvalue weighted by Crippen LogP contribution is -2.38. The van der Waals surface area contributed by atoms with Crippen molar-refractivity contribution in [1.82, 2.24) is 4.72 Å². The van der Waals surface area contributed by atoms with Gasteiger partial charge in [0.2, 0.25) is 10.0 Å². The van der Waals surface area contributed by atoms with Crippen LogP contribution in [0.25, 0.3) is 0 Å². The van der Waals surface area contributed by atoms with Gasteiger partial charge in [-0.3, -0.25) is 0 Å². The molecule has 1 aromatic rings. The van der Waals surface area contributed by atoms with Crippen LogP contribution in [0.1, 0.15) is 36.0 Å². The van der Waals surface area contributed by atoms with E-state index in [2.05, 4.69) is 4.72 Å². The predicted molar refractivity (Wildman–Crippen MR) is 72.0 cm³/mol. The summed E-state index contributed by atoms with van der Waals surface area (Å²) in [5.74, 6) is -1.16. The molecule has 3 N–H and O–H groups in total. The molecule has 0 atom stereocenters. The molecule has 20 heavy (non-hydrogen) atoms. The van der Waals surface area contributed by atoms with Crippen LogP contribution in [0.2, 0.25) is 0 Å². The molecule has 0 spiro atoms. The minimum atomic E-state index is -3.73. The number of hydrogen-bond donors (Lipinski definition) is 3. The van der Waals surface area contributed by atoms with Crippen molar-refractivity contribution in [3.05, 3.63) is 29.8 Å². The number of nitrogens with one attached hydrogen (secondary N) is 1. The summed E-state index contributed by atoms with van der Waals surface area (Å²) in [6, 6.07) is 5.05. The van der Waals surface area contributed by atoms with E-state index >= 15 is 0 Å². The summed E-state index contributed by atoms with van der Waals surface area (Å²) in [4.78, 5) is 10.8. The van der Waals surface area contributed by atoms with E-state index in [1.807, 2.05) is 0 Å². The Hall–Kier alpha value is -1.44. The molecule has 0 radical (unpaired) electrons. The van der Waals surface area contributed by atoms with Crippen molar-refractivity contribution in [3.63, 3.8) is 0 Å². The first-order valence-electron chi connectivity index (χ1n) is 6.42. The smallest absolute Gasteiger partial charge is 0.335 e. The van der Waals surface area contributed by atoms with Crippen LogP contribution in [0, 0.1) is 0 Å². The highest BCUT2D eigenvalue weighted by atomic mass is 32.2. The van der Waals surface area contributed by atoms with E-state index in [1.54, 1.807) is 0 Å². The van der Waals surface area contributed by atoms with Gasteiger partial charge in [-0.05, 0) is 43.9 Å². The molecule has 0 saturated heterocycles. The molecule has 0 bridgehead atoms. The zero-order valence-corrected chi connectivity index (χ0v) is 11.6. The second kappa shape index (κ2) is 5.90. The third kappa shape index (κ3) is 3.56. The quantitative estimate of drug-likeness (QED) is 0.768. The van der Waals surface area contributed by atoms with E-state index in [0.717, 1.165) is 6.07 Å². The largest absolute Gasteiger partial charge is 0.478 e. The number of aliphatic hydroxyl groups excluding tert-OH is 1. The Kier molecular flexibility index (Phi) is 4.42. The number of carboxylic acid groups (broad SMARTS) is 1. The standard InChI is InChI=1S/C13H17NO5S/c15-11-6-4-10(5-7-11)14-20(18,19)12-3-1-2-9(8-12)13(16)17/h1-3,8,10-11,14-15H,4-7H2,(H,16,17). The number of carboxylic acids is 1. The summed E-state index contributed by atoms with van der Waals surface area (Å²) in [6.07, 6.45) is 1.95. The lowest BCUT2D eigenvalue weighted by atomic mass is 9.94. The second-order valence-corrected chi connectivity index (χ2v) is 6.67. The third-order valence-electron chi connectivity index (χ3n) is 3.41. The van der Waals surface area contributed by atoms with Gasteiger partial charge in [0, 0.05) is 6.04 Å². The normalized spacial score (nSPS) is 23.4. The molecule has 1 saturated carbocycles. The number of rotatable bonds is 4. The van der Waals surface area contributed by atoms with E-state index in [9.17, 15) is 18.3 Å². The Bertz CT molecular complexity index is 591. The van der Waals surface area contributed by atoms with Crippen molar-refractivity contribution >= 4 is 16.0 Å². The van der Waals surface area contributed by atoms with Crippen LogP contribution in [-0.4, -0.2) is 36.7 Å². The molecule has 6 nitrogen and oxygen atoms in total. The fourth-order valence-electron chi connectivity index (χ4n) is 2.28. The minimum absolute atomic E-state index is 0.0523. The van der Waals surface area contributed by atoms with Gasteiger partial charge in [0.15, 0.2) is 0 Å². The van der Waals surface area contributed by atoms with Crippen LogP contribution >= 0.6 is 0 Å². The molecule has 1 aromatic carbocycles.